The zero-order chi connectivity index (χ0) is 11.2. The number of rotatable bonds is 7. The highest BCUT2D eigenvalue weighted by Gasteiger charge is 2.24. The maximum atomic E-state index is 11.3. The summed E-state index contributed by atoms with van der Waals surface area (Å²) in [5.74, 6) is 5.34. The third kappa shape index (κ3) is 4.93. The third-order valence-corrected chi connectivity index (χ3v) is 4.25. The molecule has 0 bridgehead atoms. The van der Waals surface area contributed by atoms with Crippen LogP contribution in [0.1, 0.15) is 39.5 Å². The molecule has 0 aromatic rings. The maximum absolute atomic E-state index is 11.3. The Morgan fingerprint density at radius 2 is 1.93 bits per heavy atom. The molecule has 2 atom stereocenters. The minimum atomic E-state index is -2.99. The van der Waals surface area contributed by atoms with E-state index in [1.807, 2.05) is 0 Å². The summed E-state index contributed by atoms with van der Waals surface area (Å²) in [7, 11) is -2.99. The van der Waals surface area contributed by atoms with Gasteiger partial charge in [0, 0.05) is 12.3 Å². The SMILES string of the molecule is CCCCCC(NN)C(C)S(C)(=O)=O. The van der Waals surface area contributed by atoms with Crippen molar-refractivity contribution < 1.29 is 8.42 Å². The van der Waals surface area contributed by atoms with E-state index >= 15 is 0 Å². The molecule has 0 aromatic heterocycles. The Kier molecular flexibility index (Phi) is 6.31. The van der Waals surface area contributed by atoms with Gasteiger partial charge in [-0.1, -0.05) is 26.2 Å². The molecular weight excluding hydrogens is 200 g/mol. The van der Waals surface area contributed by atoms with Gasteiger partial charge in [0.05, 0.1) is 5.25 Å². The number of hydrogen-bond donors (Lipinski definition) is 2. The van der Waals surface area contributed by atoms with E-state index < -0.39 is 15.1 Å². The van der Waals surface area contributed by atoms with E-state index in [-0.39, 0.29) is 6.04 Å². The monoisotopic (exact) mass is 222 g/mol. The zero-order valence-corrected chi connectivity index (χ0v) is 10.1. The number of hydrazine groups is 1. The zero-order valence-electron chi connectivity index (χ0n) is 9.29. The lowest BCUT2D eigenvalue weighted by molar-refractivity contribution is 0.451. The first-order chi connectivity index (χ1) is 6.43. The molecule has 14 heavy (non-hydrogen) atoms. The van der Waals surface area contributed by atoms with Crippen LogP contribution in [0.25, 0.3) is 0 Å². The summed E-state index contributed by atoms with van der Waals surface area (Å²) in [4.78, 5) is 0. The number of nitrogens with two attached hydrogens (primary N) is 1. The van der Waals surface area contributed by atoms with E-state index in [0.717, 1.165) is 25.7 Å². The van der Waals surface area contributed by atoms with E-state index in [9.17, 15) is 8.42 Å². The van der Waals surface area contributed by atoms with Crippen LogP contribution >= 0.6 is 0 Å². The minimum absolute atomic E-state index is 0.128. The van der Waals surface area contributed by atoms with Crippen molar-refractivity contribution in [3.63, 3.8) is 0 Å². The van der Waals surface area contributed by atoms with Gasteiger partial charge in [-0.15, -0.1) is 0 Å². The van der Waals surface area contributed by atoms with Crippen LogP contribution in [0.3, 0.4) is 0 Å². The minimum Gasteiger partial charge on any atom is -0.271 e. The standard InChI is InChI=1S/C9H22N2O2S/c1-4-5-6-7-9(11-10)8(2)14(3,12)13/h8-9,11H,4-7,10H2,1-3H3. The number of sulfone groups is 1. The van der Waals surface area contributed by atoms with Crippen molar-refractivity contribution in [2.75, 3.05) is 6.26 Å². The van der Waals surface area contributed by atoms with E-state index in [4.69, 9.17) is 5.84 Å². The highest BCUT2D eigenvalue weighted by atomic mass is 32.2. The van der Waals surface area contributed by atoms with E-state index in [2.05, 4.69) is 12.3 Å². The summed E-state index contributed by atoms with van der Waals surface area (Å²) >= 11 is 0. The van der Waals surface area contributed by atoms with Gasteiger partial charge in [-0.25, -0.2) is 8.42 Å². The van der Waals surface area contributed by atoms with E-state index in [1.54, 1.807) is 6.92 Å². The molecule has 0 heterocycles. The summed E-state index contributed by atoms with van der Waals surface area (Å²) in [6, 6.07) is -0.128. The Morgan fingerprint density at radius 1 is 1.36 bits per heavy atom. The van der Waals surface area contributed by atoms with Gasteiger partial charge in [-0.05, 0) is 13.3 Å². The Labute approximate surface area is 87.1 Å². The van der Waals surface area contributed by atoms with Crippen molar-refractivity contribution in [2.24, 2.45) is 5.84 Å². The summed E-state index contributed by atoms with van der Waals surface area (Å²) in [5, 5.41) is -0.413. The van der Waals surface area contributed by atoms with Crippen molar-refractivity contribution in [2.45, 2.75) is 50.8 Å². The van der Waals surface area contributed by atoms with Crippen LogP contribution < -0.4 is 11.3 Å². The van der Waals surface area contributed by atoms with Gasteiger partial charge in [0.25, 0.3) is 0 Å². The van der Waals surface area contributed by atoms with Crippen LogP contribution in [0.15, 0.2) is 0 Å². The van der Waals surface area contributed by atoms with Gasteiger partial charge in [-0.3, -0.25) is 11.3 Å². The molecule has 86 valence electrons. The van der Waals surface area contributed by atoms with Crippen LogP contribution in [0.4, 0.5) is 0 Å². The van der Waals surface area contributed by atoms with Gasteiger partial charge in [0.15, 0.2) is 9.84 Å². The molecule has 0 amide bonds. The first kappa shape index (κ1) is 13.9. The molecule has 0 aliphatic heterocycles. The van der Waals surface area contributed by atoms with Crippen LogP contribution in [0.2, 0.25) is 0 Å². The van der Waals surface area contributed by atoms with Crippen molar-refractivity contribution in [3.05, 3.63) is 0 Å². The van der Waals surface area contributed by atoms with E-state index in [0.29, 0.717) is 0 Å². The second-order valence-electron chi connectivity index (χ2n) is 3.80. The first-order valence-electron chi connectivity index (χ1n) is 5.08. The Morgan fingerprint density at radius 3 is 2.29 bits per heavy atom. The smallest absolute Gasteiger partial charge is 0.151 e. The lowest BCUT2D eigenvalue weighted by atomic mass is 10.1. The second-order valence-corrected chi connectivity index (χ2v) is 6.21. The number of hydrogen-bond acceptors (Lipinski definition) is 4. The van der Waals surface area contributed by atoms with E-state index in [1.165, 1.54) is 6.26 Å². The fourth-order valence-corrected chi connectivity index (χ4v) is 2.18. The van der Waals surface area contributed by atoms with Crippen LogP contribution in [-0.4, -0.2) is 26.0 Å². The molecule has 0 rings (SSSR count). The molecule has 0 aromatic carbocycles. The second kappa shape index (κ2) is 6.37. The lowest BCUT2D eigenvalue weighted by Crippen LogP contribution is -2.45. The van der Waals surface area contributed by atoms with Crippen molar-refractivity contribution in [3.8, 4) is 0 Å². The molecule has 0 spiro atoms. The quantitative estimate of drug-likeness (QED) is 0.380. The third-order valence-electron chi connectivity index (χ3n) is 2.57. The summed E-state index contributed by atoms with van der Waals surface area (Å²) in [5.41, 5.74) is 2.59. The Balaban J connectivity index is 4.13. The molecule has 4 nitrogen and oxygen atoms in total. The average molecular weight is 222 g/mol. The van der Waals surface area contributed by atoms with Crippen LogP contribution in [0.5, 0.6) is 0 Å². The van der Waals surface area contributed by atoms with Gasteiger partial charge in [0.2, 0.25) is 0 Å². The fourth-order valence-electron chi connectivity index (χ4n) is 1.37. The van der Waals surface area contributed by atoms with Crippen LogP contribution in [-0.2, 0) is 9.84 Å². The predicted octanol–water partition coefficient (Wildman–Crippen LogP) is 0.832. The molecule has 0 saturated carbocycles. The molecule has 0 aliphatic rings. The molecule has 0 saturated heterocycles. The summed E-state index contributed by atoms with van der Waals surface area (Å²) in [6.07, 6.45) is 5.34. The summed E-state index contributed by atoms with van der Waals surface area (Å²) < 4.78 is 22.5. The maximum Gasteiger partial charge on any atom is 0.151 e. The topological polar surface area (TPSA) is 72.2 Å². The van der Waals surface area contributed by atoms with Gasteiger partial charge >= 0.3 is 0 Å². The van der Waals surface area contributed by atoms with Crippen LogP contribution in [0, 0.1) is 0 Å². The van der Waals surface area contributed by atoms with Gasteiger partial charge in [0.1, 0.15) is 0 Å². The Hall–Kier alpha value is -0.130. The molecule has 0 aliphatic carbocycles. The van der Waals surface area contributed by atoms with Gasteiger partial charge in [-0.2, -0.15) is 0 Å². The fraction of sp³-hybridized carbons (Fsp3) is 1.00. The highest BCUT2D eigenvalue weighted by molar-refractivity contribution is 7.91. The number of nitrogens with one attached hydrogen (secondary N) is 1. The van der Waals surface area contributed by atoms with Crippen molar-refractivity contribution >= 4 is 9.84 Å². The normalized spacial score (nSPS) is 16.6. The highest BCUT2D eigenvalue weighted by Crippen LogP contribution is 2.11. The lowest BCUT2D eigenvalue weighted by Gasteiger charge is -2.21. The molecular formula is C9H22N2O2S. The largest absolute Gasteiger partial charge is 0.271 e. The van der Waals surface area contributed by atoms with Gasteiger partial charge < -0.3 is 0 Å². The molecule has 3 N–H and O–H groups in total. The Bertz CT molecular complexity index is 239. The predicted molar refractivity (Wildman–Crippen MR) is 59.6 cm³/mol. The van der Waals surface area contributed by atoms with Crippen molar-refractivity contribution in [1.82, 2.24) is 5.43 Å². The molecule has 5 heteroatoms. The summed E-state index contributed by atoms with van der Waals surface area (Å²) in [6.45, 7) is 3.82. The first-order valence-corrected chi connectivity index (χ1v) is 7.04. The molecule has 0 fully saturated rings. The molecule has 2 unspecified atom stereocenters. The number of unbranched alkanes of at least 4 members (excludes halogenated alkanes) is 2. The average Bonchev–Trinajstić information content (AvgIpc) is 2.10. The molecule has 0 radical (unpaired) electrons. The van der Waals surface area contributed by atoms with Crippen molar-refractivity contribution in [1.29, 1.82) is 0 Å².